The number of hydrogen-bond acceptors (Lipinski definition) is 4. The van der Waals surface area contributed by atoms with Crippen LogP contribution in [-0.4, -0.2) is 32.5 Å². The number of hydrogen-bond donors (Lipinski definition) is 0. The second kappa shape index (κ2) is 7.50. The van der Waals surface area contributed by atoms with E-state index >= 15 is 0 Å². The van der Waals surface area contributed by atoms with Crippen LogP contribution in [0.2, 0.25) is 0 Å². The van der Waals surface area contributed by atoms with Crippen molar-refractivity contribution in [1.82, 2.24) is 0 Å². The SMILES string of the molecule is COC[C@@H]1CN(c2ccc(C3CCC(=CC#N)CC3)cc2)C(=O)O1. The van der Waals surface area contributed by atoms with E-state index in [9.17, 15) is 4.79 Å². The number of nitriles is 1. The zero-order valence-electron chi connectivity index (χ0n) is 13.9. The Morgan fingerprint density at radius 3 is 2.67 bits per heavy atom. The summed E-state index contributed by atoms with van der Waals surface area (Å²) in [6.07, 6.45) is 5.33. The van der Waals surface area contributed by atoms with Gasteiger partial charge in [0.2, 0.25) is 0 Å². The van der Waals surface area contributed by atoms with Gasteiger partial charge in [0, 0.05) is 18.9 Å². The third-order valence-electron chi connectivity index (χ3n) is 4.80. The van der Waals surface area contributed by atoms with E-state index in [-0.39, 0.29) is 12.2 Å². The zero-order chi connectivity index (χ0) is 16.9. The maximum absolute atomic E-state index is 12.0. The average molecular weight is 326 g/mol. The molecule has 0 bridgehead atoms. The number of anilines is 1. The van der Waals surface area contributed by atoms with Gasteiger partial charge in [0.25, 0.3) is 0 Å². The Labute approximate surface area is 142 Å². The Kier molecular flexibility index (Phi) is 5.17. The standard InChI is InChI=1S/C19H22N2O3/c1-23-13-18-12-21(19(22)24-18)17-8-6-16(7-9-17)15-4-2-14(3-5-15)10-11-20/h6-10,15,18H,2-5,12-13H2,1H3/t15?,18-/m0/s1. The van der Waals surface area contributed by atoms with Crippen molar-refractivity contribution < 1.29 is 14.3 Å². The van der Waals surface area contributed by atoms with Gasteiger partial charge in [-0.1, -0.05) is 17.7 Å². The summed E-state index contributed by atoms with van der Waals surface area (Å²) in [5.74, 6) is 0.529. The summed E-state index contributed by atoms with van der Waals surface area (Å²) in [4.78, 5) is 13.6. The Morgan fingerprint density at radius 2 is 2.04 bits per heavy atom. The molecule has 5 heteroatoms. The molecule has 0 aromatic heterocycles. The molecule has 1 saturated heterocycles. The molecule has 0 spiro atoms. The van der Waals surface area contributed by atoms with Crippen LogP contribution in [0.25, 0.3) is 0 Å². The van der Waals surface area contributed by atoms with Gasteiger partial charge in [-0.2, -0.15) is 5.26 Å². The number of nitrogens with zero attached hydrogens (tertiary/aromatic N) is 2. The Balaban J connectivity index is 1.63. The Hall–Kier alpha value is -2.32. The van der Waals surface area contributed by atoms with E-state index in [1.54, 1.807) is 18.1 Å². The van der Waals surface area contributed by atoms with Gasteiger partial charge in [0.05, 0.1) is 19.2 Å². The van der Waals surface area contributed by atoms with Crippen LogP contribution >= 0.6 is 0 Å². The second-order valence-corrected chi connectivity index (χ2v) is 6.37. The second-order valence-electron chi connectivity index (χ2n) is 6.37. The molecular formula is C19H22N2O3. The van der Waals surface area contributed by atoms with Crippen molar-refractivity contribution in [2.45, 2.75) is 37.7 Å². The third kappa shape index (κ3) is 3.60. The number of rotatable bonds is 4. The first kappa shape index (κ1) is 16.5. The highest BCUT2D eigenvalue weighted by Crippen LogP contribution is 2.36. The zero-order valence-corrected chi connectivity index (χ0v) is 13.9. The van der Waals surface area contributed by atoms with Crippen LogP contribution in [0.4, 0.5) is 10.5 Å². The Morgan fingerprint density at radius 1 is 1.33 bits per heavy atom. The van der Waals surface area contributed by atoms with E-state index < -0.39 is 0 Å². The molecule has 1 saturated carbocycles. The molecule has 0 radical (unpaired) electrons. The van der Waals surface area contributed by atoms with Gasteiger partial charge in [-0.25, -0.2) is 4.79 Å². The summed E-state index contributed by atoms with van der Waals surface area (Å²) in [7, 11) is 1.60. The number of carbonyl (C=O) groups is 1. The van der Waals surface area contributed by atoms with E-state index in [2.05, 4.69) is 18.2 Å². The van der Waals surface area contributed by atoms with Crippen molar-refractivity contribution >= 4 is 11.8 Å². The fourth-order valence-corrected chi connectivity index (χ4v) is 3.49. The molecule has 3 rings (SSSR count). The van der Waals surface area contributed by atoms with Gasteiger partial charge in [-0.05, 0) is 49.3 Å². The molecule has 0 N–H and O–H groups in total. The molecule has 0 unspecified atom stereocenters. The van der Waals surface area contributed by atoms with Gasteiger partial charge >= 0.3 is 6.09 Å². The lowest BCUT2D eigenvalue weighted by atomic mass is 9.81. The molecule has 1 aliphatic heterocycles. The van der Waals surface area contributed by atoms with Crippen LogP contribution in [0.3, 0.4) is 0 Å². The first-order chi connectivity index (χ1) is 11.7. The van der Waals surface area contributed by atoms with Crippen LogP contribution in [-0.2, 0) is 9.47 Å². The average Bonchev–Trinajstić information content (AvgIpc) is 2.97. The maximum atomic E-state index is 12.0. The van der Waals surface area contributed by atoms with E-state index in [4.69, 9.17) is 14.7 Å². The minimum atomic E-state index is -0.311. The molecule has 1 amide bonds. The highest BCUT2D eigenvalue weighted by atomic mass is 16.6. The molecule has 24 heavy (non-hydrogen) atoms. The number of carbonyl (C=O) groups excluding carboxylic acids is 1. The number of benzene rings is 1. The number of methoxy groups -OCH3 is 1. The van der Waals surface area contributed by atoms with E-state index in [1.807, 2.05) is 12.1 Å². The van der Waals surface area contributed by atoms with Crippen LogP contribution in [0.1, 0.15) is 37.2 Å². The van der Waals surface area contributed by atoms with E-state index in [1.165, 1.54) is 11.1 Å². The Bertz CT molecular complexity index is 650. The quantitative estimate of drug-likeness (QED) is 0.790. The summed E-state index contributed by atoms with van der Waals surface area (Å²) < 4.78 is 10.3. The van der Waals surface area contributed by atoms with E-state index in [0.29, 0.717) is 19.1 Å². The lowest BCUT2D eigenvalue weighted by Gasteiger charge is -2.24. The third-order valence-corrected chi connectivity index (χ3v) is 4.80. The van der Waals surface area contributed by atoms with Gasteiger partial charge < -0.3 is 9.47 Å². The predicted molar refractivity (Wildman–Crippen MR) is 90.8 cm³/mol. The van der Waals surface area contributed by atoms with Crippen LogP contribution in [0, 0.1) is 11.3 Å². The monoisotopic (exact) mass is 326 g/mol. The minimum Gasteiger partial charge on any atom is -0.441 e. The summed E-state index contributed by atoms with van der Waals surface area (Å²) in [5.41, 5.74) is 3.42. The number of ether oxygens (including phenoxy) is 2. The maximum Gasteiger partial charge on any atom is 0.414 e. The molecular weight excluding hydrogens is 304 g/mol. The van der Waals surface area contributed by atoms with Crippen LogP contribution in [0.5, 0.6) is 0 Å². The highest BCUT2D eigenvalue weighted by molar-refractivity contribution is 5.89. The highest BCUT2D eigenvalue weighted by Gasteiger charge is 2.32. The minimum absolute atomic E-state index is 0.203. The van der Waals surface area contributed by atoms with Crippen molar-refractivity contribution in [1.29, 1.82) is 5.26 Å². The fourth-order valence-electron chi connectivity index (χ4n) is 3.49. The topological polar surface area (TPSA) is 62.6 Å². The first-order valence-electron chi connectivity index (χ1n) is 8.36. The molecule has 126 valence electrons. The summed E-state index contributed by atoms with van der Waals surface area (Å²) in [6, 6.07) is 10.3. The molecule has 2 aliphatic rings. The number of cyclic esters (lactones) is 1. The van der Waals surface area contributed by atoms with Crippen molar-refractivity contribution in [3.8, 4) is 6.07 Å². The van der Waals surface area contributed by atoms with Crippen LogP contribution in [0.15, 0.2) is 35.9 Å². The molecule has 1 aliphatic carbocycles. The van der Waals surface area contributed by atoms with Crippen LogP contribution < -0.4 is 4.90 Å². The summed E-state index contributed by atoms with van der Waals surface area (Å²) >= 11 is 0. The van der Waals surface area contributed by atoms with E-state index in [0.717, 1.165) is 31.4 Å². The smallest absolute Gasteiger partial charge is 0.414 e. The van der Waals surface area contributed by atoms with Gasteiger partial charge in [0.15, 0.2) is 0 Å². The van der Waals surface area contributed by atoms with Crippen molar-refractivity contribution in [2.75, 3.05) is 25.2 Å². The summed E-state index contributed by atoms with van der Waals surface area (Å²) in [5, 5.41) is 8.73. The van der Waals surface area contributed by atoms with Crippen molar-refractivity contribution in [2.24, 2.45) is 0 Å². The first-order valence-corrected chi connectivity index (χ1v) is 8.36. The largest absolute Gasteiger partial charge is 0.441 e. The summed E-state index contributed by atoms with van der Waals surface area (Å²) in [6.45, 7) is 0.943. The van der Waals surface area contributed by atoms with Crippen molar-refractivity contribution in [3.05, 3.63) is 41.5 Å². The van der Waals surface area contributed by atoms with Gasteiger partial charge in [-0.15, -0.1) is 0 Å². The molecule has 2 fully saturated rings. The fraction of sp³-hybridized carbons (Fsp3) is 0.474. The lowest BCUT2D eigenvalue weighted by molar-refractivity contribution is 0.0718. The van der Waals surface area contributed by atoms with Gasteiger partial charge in [0.1, 0.15) is 6.10 Å². The normalized spacial score (nSPS) is 23.8. The lowest BCUT2D eigenvalue weighted by Crippen LogP contribution is -2.25. The van der Waals surface area contributed by atoms with Gasteiger partial charge in [-0.3, -0.25) is 4.90 Å². The molecule has 5 nitrogen and oxygen atoms in total. The molecule has 1 aromatic rings. The molecule has 1 heterocycles. The van der Waals surface area contributed by atoms with Crippen molar-refractivity contribution in [3.63, 3.8) is 0 Å². The number of allylic oxidation sites excluding steroid dienone is 2. The predicted octanol–water partition coefficient (Wildman–Crippen LogP) is 3.77. The molecule has 1 aromatic carbocycles. The molecule has 1 atom stereocenters. The number of amides is 1.